The smallest absolute Gasteiger partial charge is 0.326 e. The number of primary amides is 1. The minimum absolute atomic E-state index is 0.0170. The van der Waals surface area contributed by atoms with E-state index in [-0.39, 0.29) is 18.9 Å². The van der Waals surface area contributed by atoms with Gasteiger partial charge in [-0.25, -0.2) is 4.79 Å². The predicted molar refractivity (Wildman–Crippen MR) is 65.2 cm³/mol. The Kier molecular flexibility index (Phi) is 5.71. The maximum atomic E-state index is 11.9. The van der Waals surface area contributed by atoms with Crippen LogP contribution in [0.3, 0.4) is 0 Å². The van der Waals surface area contributed by atoms with Crippen LogP contribution in [0.15, 0.2) is 0 Å². The van der Waals surface area contributed by atoms with Crippen LogP contribution in [0.4, 0.5) is 0 Å². The lowest BCUT2D eigenvalue weighted by molar-refractivity contribution is -0.142. The first-order valence-electron chi connectivity index (χ1n) is 6.01. The highest BCUT2D eigenvalue weighted by Gasteiger charge is 2.31. The number of rotatable bonds is 7. The van der Waals surface area contributed by atoms with Crippen molar-refractivity contribution in [1.29, 1.82) is 0 Å². The molecule has 0 aromatic heterocycles. The number of hydrogen-bond acceptors (Lipinski definition) is 5. The largest absolute Gasteiger partial charge is 0.480 e. The van der Waals surface area contributed by atoms with Crippen molar-refractivity contribution in [3.05, 3.63) is 0 Å². The van der Waals surface area contributed by atoms with E-state index in [4.69, 9.17) is 15.6 Å². The van der Waals surface area contributed by atoms with Gasteiger partial charge in [-0.3, -0.25) is 9.59 Å². The lowest BCUT2D eigenvalue weighted by Gasteiger charge is -2.17. The first-order chi connectivity index (χ1) is 8.93. The van der Waals surface area contributed by atoms with Gasteiger partial charge >= 0.3 is 5.97 Å². The van der Waals surface area contributed by atoms with E-state index in [1.807, 2.05) is 0 Å². The van der Waals surface area contributed by atoms with Gasteiger partial charge in [-0.2, -0.15) is 0 Å². The molecule has 1 fully saturated rings. The summed E-state index contributed by atoms with van der Waals surface area (Å²) in [6.07, 6.45) is 0.335. The number of methoxy groups -OCH3 is 1. The SMILES string of the molecule is COC1CNC(C(=O)N[C@@H](CCC(N)=O)C(=O)O)C1. The van der Waals surface area contributed by atoms with Crippen LogP contribution in [-0.2, 0) is 19.1 Å². The summed E-state index contributed by atoms with van der Waals surface area (Å²) >= 11 is 0. The molecule has 1 rings (SSSR count). The van der Waals surface area contributed by atoms with Crippen molar-refractivity contribution in [3.63, 3.8) is 0 Å². The normalized spacial score (nSPS) is 23.8. The first kappa shape index (κ1) is 15.4. The van der Waals surface area contributed by atoms with Crippen LogP contribution in [0.1, 0.15) is 19.3 Å². The number of amides is 2. The second kappa shape index (κ2) is 7.05. The Morgan fingerprint density at radius 2 is 2.21 bits per heavy atom. The number of carboxylic acids is 1. The zero-order valence-electron chi connectivity index (χ0n) is 10.7. The van der Waals surface area contributed by atoms with E-state index in [9.17, 15) is 14.4 Å². The van der Waals surface area contributed by atoms with Gasteiger partial charge in [0.15, 0.2) is 0 Å². The summed E-state index contributed by atoms with van der Waals surface area (Å²) in [5, 5.41) is 14.3. The minimum Gasteiger partial charge on any atom is -0.480 e. The van der Waals surface area contributed by atoms with Crippen LogP contribution in [0.2, 0.25) is 0 Å². The zero-order chi connectivity index (χ0) is 14.4. The van der Waals surface area contributed by atoms with Crippen LogP contribution < -0.4 is 16.4 Å². The monoisotopic (exact) mass is 273 g/mol. The van der Waals surface area contributed by atoms with E-state index < -0.39 is 29.9 Å². The van der Waals surface area contributed by atoms with E-state index >= 15 is 0 Å². The summed E-state index contributed by atoms with van der Waals surface area (Å²) in [6, 6.07) is -1.58. The molecule has 0 saturated carbocycles. The molecule has 8 heteroatoms. The van der Waals surface area contributed by atoms with Crippen molar-refractivity contribution in [2.75, 3.05) is 13.7 Å². The topological polar surface area (TPSA) is 131 Å². The molecule has 0 aromatic carbocycles. The number of carboxylic acid groups (broad SMARTS) is 1. The molecule has 0 radical (unpaired) electrons. The number of carbonyl (C=O) groups excluding carboxylic acids is 2. The minimum atomic E-state index is -1.18. The number of hydrogen-bond donors (Lipinski definition) is 4. The third kappa shape index (κ3) is 4.84. The van der Waals surface area contributed by atoms with Crippen LogP contribution in [0, 0.1) is 0 Å². The predicted octanol–water partition coefficient (Wildman–Crippen LogP) is -1.80. The van der Waals surface area contributed by atoms with Gasteiger partial charge in [0.05, 0.1) is 12.1 Å². The van der Waals surface area contributed by atoms with Gasteiger partial charge in [-0.05, 0) is 12.8 Å². The molecular weight excluding hydrogens is 254 g/mol. The average molecular weight is 273 g/mol. The molecule has 1 heterocycles. The fourth-order valence-corrected chi connectivity index (χ4v) is 1.90. The Morgan fingerprint density at radius 1 is 1.53 bits per heavy atom. The second-order valence-electron chi connectivity index (χ2n) is 4.46. The van der Waals surface area contributed by atoms with Gasteiger partial charge in [0, 0.05) is 20.1 Å². The molecule has 1 aliphatic heterocycles. The van der Waals surface area contributed by atoms with Crippen LogP contribution in [-0.4, -0.2) is 54.7 Å². The van der Waals surface area contributed by atoms with Gasteiger partial charge in [0.2, 0.25) is 11.8 Å². The quantitative estimate of drug-likeness (QED) is 0.433. The Labute approximate surface area is 110 Å². The Morgan fingerprint density at radius 3 is 2.68 bits per heavy atom. The van der Waals surface area contributed by atoms with E-state index in [0.717, 1.165) is 0 Å². The van der Waals surface area contributed by atoms with Gasteiger partial charge < -0.3 is 26.2 Å². The van der Waals surface area contributed by atoms with Crippen molar-refractivity contribution in [2.24, 2.45) is 5.73 Å². The molecule has 19 heavy (non-hydrogen) atoms. The maximum Gasteiger partial charge on any atom is 0.326 e. The van der Waals surface area contributed by atoms with Crippen LogP contribution in [0.5, 0.6) is 0 Å². The Bertz CT molecular complexity index is 360. The summed E-state index contributed by atoms with van der Waals surface area (Å²) in [4.78, 5) is 33.5. The van der Waals surface area contributed by atoms with E-state index in [1.165, 1.54) is 0 Å². The lowest BCUT2D eigenvalue weighted by Crippen LogP contribution is -2.48. The Balaban J connectivity index is 2.47. The molecule has 108 valence electrons. The second-order valence-corrected chi connectivity index (χ2v) is 4.46. The third-order valence-corrected chi connectivity index (χ3v) is 3.03. The van der Waals surface area contributed by atoms with Crippen LogP contribution in [0.25, 0.3) is 0 Å². The van der Waals surface area contributed by atoms with Crippen molar-refractivity contribution in [2.45, 2.75) is 37.5 Å². The number of nitrogens with one attached hydrogen (secondary N) is 2. The van der Waals surface area contributed by atoms with E-state index in [1.54, 1.807) is 7.11 Å². The Hall–Kier alpha value is -1.67. The molecule has 0 spiro atoms. The highest BCUT2D eigenvalue weighted by Crippen LogP contribution is 2.10. The van der Waals surface area contributed by atoms with E-state index in [2.05, 4.69) is 10.6 Å². The van der Waals surface area contributed by atoms with Crippen LogP contribution >= 0.6 is 0 Å². The van der Waals surface area contributed by atoms with Crippen molar-refractivity contribution < 1.29 is 24.2 Å². The zero-order valence-corrected chi connectivity index (χ0v) is 10.7. The van der Waals surface area contributed by atoms with Crippen molar-refractivity contribution >= 4 is 17.8 Å². The highest BCUT2D eigenvalue weighted by molar-refractivity contribution is 5.87. The van der Waals surface area contributed by atoms with Crippen molar-refractivity contribution in [1.82, 2.24) is 10.6 Å². The highest BCUT2D eigenvalue weighted by atomic mass is 16.5. The maximum absolute atomic E-state index is 11.9. The van der Waals surface area contributed by atoms with Gasteiger partial charge in [-0.1, -0.05) is 0 Å². The number of aliphatic carboxylic acids is 1. The fourth-order valence-electron chi connectivity index (χ4n) is 1.90. The van der Waals surface area contributed by atoms with Gasteiger partial charge in [0.25, 0.3) is 0 Å². The van der Waals surface area contributed by atoms with Crippen molar-refractivity contribution in [3.8, 4) is 0 Å². The van der Waals surface area contributed by atoms with Gasteiger partial charge in [-0.15, -0.1) is 0 Å². The number of nitrogens with two attached hydrogens (primary N) is 1. The fraction of sp³-hybridized carbons (Fsp3) is 0.727. The number of ether oxygens (including phenoxy) is 1. The van der Waals surface area contributed by atoms with Gasteiger partial charge in [0.1, 0.15) is 6.04 Å². The molecule has 5 N–H and O–H groups in total. The summed E-state index contributed by atoms with van der Waals surface area (Å²) in [6.45, 7) is 0.549. The molecule has 0 aliphatic carbocycles. The summed E-state index contributed by atoms with van der Waals surface area (Å²) in [7, 11) is 1.56. The number of carbonyl (C=O) groups is 3. The molecule has 2 unspecified atom stereocenters. The summed E-state index contributed by atoms with van der Waals surface area (Å²) < 4.78 is 5.10. The standard InChI is InChI=1S/C11H19N3O5/c1-19-6-4-8(13-5-6)10(16)14-7(11(17)18)2-3-9(12)15/h6-8,13H,2-5H2,1H3,(H2,12,15)(H,14,16)(H,17,18)/t6?,7-,8?/m0/s1. The lowest BCUT2D eigenvalue weighted by atomic mass is 10.1. The molecule has 3 atom stereocenters. The average Bonchev–Trinajstić information content (AvgIpc) is 2.82. The summed E-state index contributed by atoms with van der Waals surface area (Å²) in [5.41, 5.74) is 4.96. The molecule has 8 nitrogen and oxygen atoms in total. The summed E-state index contributed by atoms with van der Waals surface area (Å²) in [5.74, 6) is -2.19. The molecular formula is C11H19N3O5. The molecule has 0 bridgehead atoms. The molecule has 1 saturated heterocycles. The molecule has 2 amide bonds. The first-order valence-corrected chi connectivity index (χ1v) is 6.01. The molecule has 1 aliphatic rings. The third-order valence-electron chi connectivity index (χ3n) is 3.03. The molecule has 0 aromatic rings. The van der Waals surface area contributed by atoms with E-state index in [0.29, 0.717) is 13.0 Å².